The molecule has 5 aliphatic rings. The van der Waals surface area contributed by atoms with Crippen LogP contribution >= 0.6 is 0 Å². The van der Waals surface area contributed by atoms with Crippen LogP contribution in [-0.2, 0) is 52.4 Å². The van der Waals surface area contributed by atoms with Crippen molar-refractivity contribution in [2.24, 2.45) is 22.7 Å². The Morgan fingerprint density at radius 2 is 1.53 bits per heavy atom. The number of amides is 1. The second-order valence-electron chi connectivity index (χ2n) is 20.3. The molecule has 1 heterocycles. The number of ketones is 3. The van der Waals surface area contributed by atoms with Crippen molar-refractivity contribution in [1.29, 1.82) is 0 Å². The number of hydrogen-bond acceptors (Lipinski definition) is 16. The predicted molar refractivity (Wildman–Crippen MR) is 239 cm³/mol. The summed E-state index contributed by atoms with van der Waals surface area (Å²) in [4.78, 5) is 95.9. The second-order valence-corrected chi connectivity index (χ2v) is 20.3. The number of benzene rings is 2. The minimum absolute atomic E-state index is 0.0661. The van der Waals surface area contributed by atoms with Gasteiger partial charge in [0.2, 0.25) is 0 Å². The third-order valence-corrected chi connectivity index (χ3v) is 14.6. The number of hydrogen-bond donors (Lipinski definition) is 4. The lowest BCUT2D eigenvalue weighted by Crippen LogP contribution is -2.81. The minimum Gasteiger partial charge on any atom is -0.456 e. The molecular formula is C51H61NO16. The number of allylic oxidation sites excluding steroid dienone is 2. The molecule has 4 N–H and O–H groups in total. The van der Waals surface area contributed by atoms with Crippen LogP contribution in [0.3, 0.4) is 0 Å². The molecule has 0 unspecified atom stereocenters. The maximum absolute atomic E-state index is 15.2. The average molecular weight is 944 g/mol. The molecule has 366 valence electrons. The number of Topliss-reactive ketones (excluding diaryl/α,β-unsaturated/α-hetero) is 1. The summed E-state index contributed by atoms with van der Waals surface area (Å²) in [5, 5.41) is 40.9. The molecule has 68 heavy (non-hydrogen) atoms. The number of rotatable bonds is 13. The molecule has 11 atom stereocenters. The summed E-state index contributed by atoms with van der Waals surface area (Å²) < 4.78 is 36.6. The molecule has 0 spiro atoms. The SMILES string of the molecule is CC(=O)O[C@@]12CO[C@@H]1C[C@H](O)[C@@]1(C)C(=O)[C@H](O)C3=C(C)[C@@H](OC(=O)[C@H](OCCCC4C(=O)C=CC4=O)[C@@H](NC(=O)OC(C)(C)C)c4ccccc4)C[C@@](O)([C@@H](OC(=O)c4ccccc4)[C@H]21)C3(C)C. The molecule has 1 saturated heterocycles. The Balaban J connectivity index is 1.34. The largest absolute Gasteiger partial charge is 0.456 e. The molecule has 3 fully saturated rings. The van der Waals surface area contributed by atoms with Gasteiger partial charge in [0.05, 0.1) is 41.6 Å². The fraction of sp³-hybridized carbons (Fsp3) is 0.549. The van der Waals surface area contributed by atoms with E-state index in [1.807, 2.05) is 0 Å². The van der Waals surface area contributed by atoms with Crippen molar-refractivity contribution in [3.8, 4) is 0 Å². The first-order chi connectivity index (χ1) is 31.9. The van der Waals surface area contributed by atoms with E-state index in [-0.39, 0.29) is 60.8 Å². The maximum atomic E-state index is 15.2. The summed E-state index contributed by atoms with van der Waals surface area (Å²) in [5.41, 5.74) is -8.29. The van der Waals surface area contributed by atoms with Gasteiger partial charge >= 0.3 is 24.0 Å². The van der Waals surface area contributed by atoms with Gasteiger partial charge in [-0.3, -0.25) is 19.2 Å². The molecule has 2 saturated carbocycles. The Labute approximate surface area is 394 Å². The third kappa shape index (κ3) is 8.94. The molecule has 1 aliphatic heterocycles. The van der Waals surface area contributed by atoms with E-state index in [0.717, 1.165) is 6.92 Å². The number of alkyl carbamates (subject to hydrolysis) is 1. The lowest BCUT2D eigenvalue weighted by Gasteiger charge is -2.67. The number of aliphatic hydroxyl groups is 3. The van der Waals surface area contributed by atoms with E-state index in [1.165, 1.54) is 38.1 Å². The maximum Gasteiger partial charge on any atom is 0.408 e. The van der Waals surface area contributed by atoms with Crippen LogP contribution in [0.4, 0.5) is 4.79 Å². The van der Waals surface area contributed by atoms with Crippen molar-refractivity contribution in [1.82, 2.24) is 5.32 Å². The quantitative estimate of drug-likeness (QED) is 0.0715. The van der Waals surface area contributed by atoms with Gasteiger partial charge in [0.15, 0.2) is 29.1 Å². The van der Waals surface area contributed by atoms with Crippen molar-refractivity contribution < 1.29 is 77.3 Å². The summed E-state index contributed by atoms with van der Waals surface area (Å²) in [6, 6.07) is 14.9. The second kappa shape index (κ2) is 18.7. The van der Waals surface area contributed by atoms with Gasteiger partial charge in [-0.1, -0.05) is 62.4 Å². The number of carbonyl (C=O) groups is 7. The number of ether oxygens (including phenoxy) is 6. The van der Waals surface area contributed by atoms with E-state index >= 15 is 9.59 Å². The lowest BCUT2D eigenvalue weighted by molar-refractivity contribution is -0.346. The van der Waals surface area contributed by atoms with Crippen LogP contribution in [0.25, 0.3) is 0 Å². The fourth-order valence-electron chi connectivity index (χ4n) is 11.0. The Hall–Kier alpha value is -5.59. The first-order valence-corrected chi connectivity index (χ1v) is 22.9. The van der Waals surface area contributed by atoms with Gasteiger partial charge in [-0.2, -0.15) is 0 Å². The number of carbonyl (C=O) groups excluding carboxylic acids is 7. The molecule has 0 radical (unpaired) electrons. The number of fused-ring (bicyclic) bond motifs is 5. The molecule has 2 aromatic carbocycles. The number of aliphatic hydroxyl groups excluding tert-OH is 2. The Morgan fingerprint density at radius 1 is 0.912 bits per heavy atom. The molecule has 1 amide bonds. The zero-order valence-electron chi connectivity index (χ0n) is 39.5. The molecule has 17 nitrogen and oxygen atoms in total. The summed E-state index contributed by atoms with van der Waals surface area (Å²) >= 11 is 0. The molecular weight excluding hydrogens is 883 g/mol. The van der Waals surface area contributed by atoms with Gasteiger partial charge in [0.1, 0.15) is 35.6 Å². The van der Waals surface area contributed by atoms with Crippen molar-refractivity contribution in [3.63, 3.8) is 0 Å². The first kappa shape index (κ1) is 50.3. The van der Waals surface area contributed by atoms with E-state index in [4.69, 9.17) is 28.4 Å². The van der Waals surface area contributed by atoms with Crippen LogP contribution < -0.4 is 5.32 Å². The Morgan fingerprint density at radius 3 is 2.10 bits per heavy atom. The van der Waals surface area contributed by atoms with E-state index in [9.17, 15) is 39.3 Å². The summed E-state index contributed by atoms with van der Waals surface area (Å²) in [5.74, 6) is -6.88. The normalized spacial score (nSPS) is 31.8. The molecule has 2 bridgehead atoms. The van der Waals surface area contributed by atoms with Gasteiger partial charge in [-0.05, 0) is 88.5 Å². The summed E-state index contributed by atoms with van der Waals surface area (Å²) in [6.07, 6.45) is -8.61. The third-order valence-electron chi connectivity index (χ3n) is 14.6. The van der Waals surface area contributed by atoms with Gasteiger partial charge in [0, 0.05) is 31.8 Å². The van der Waals surface area contributed by atoms with E-state index in [1.54, 1.807) is 83.1 Å². The number of nitrogens with one attached hydrogen (secondary N) is 1. The monoisotopic (exact) mass is 943 g/mol. The van der Waals surface area contributed by atoms with Gasteiger partial charge in [-0.15, -0.1) is 0 Å². The highest BCUT2D eigenvalue weighted by Gasteiger charge is 2.78. The lowest BCUT2D eigenvalue weighted by atomic mass is 9.44. The van der Waals surface area contributed by atoms with Gasteiger partial charge < -0.3 is 49.1 Å². The van der Waals surface area contributed by atoms with Crippen LogP contribution in [0, 0.1) is 22.7 Å². The molecule has 7 rings (SSSR count). The zero-order chi connectivity index (χ0) is 49.7. The smallest absolute Gasteiger partial charge is 0.408 e. The van der Waals surface area contributed by atoms with Gasteiger partial charge in [0.25, 0.3) is 0 Å². The molecule has 0 aromatic heterocycles. The topological polar surface area (TPSA) is 248 Å². The Kier molecular flexibility index (Phi) is 13.8. The van der Waals surface area contributed by atoms with Crippen molar-refractivity contribution in [3.05, 3.63) is 95.1 Å². The summed E-state index contributed by atoms with van der Waals surface area (Å²) in [6.45, 7) is 11.6. The highest BCUT2D eigenvalue weighted by Crippen LogP contribution is 2.64. The standard InChI is InChI=1S/C51H61NO16/c1-27-34(65-45(60)40(63-23-15-20-31-32(54)21-22-33(31)55)38(29-16-11-9-12-17-29)52-46(61)68-47(3,4)5)25-51(62)43(66-44(59)30-18-13-10-14-19-30)41-49(8,42(58)39(57)37(27)48(51,6)7)35(56)24-36-50(41,26-64-36)67-28(2)53/h9-14,16-19,21-22,31,34-36,38-41,43,56-57,62H,15,20,23-26H2,1-8H3,(H,52,61)/t34-,35-,36+,38-,39+,40+,41-,43-,49+,50-,51+/m0/s1. The zero-order valence-corrected chi connectivity index (χ0v) is 39.5. The van der Waals surface area contributed by atoms with E-state index in [2.05, 4.69) is 5.32 Å². The van der Waals surface area contributed by atoms with Crippen molar-refractivity contribution >= 4 is 41.4 Å². The van der Waals surface area contributed by atoms with Gasteiger partial charge in [-0.25, -0.2) is 14.4 Å². The minimum atomic E-state index is -2.40. The van der Waals surface area contributed by atoms with Crippen LogP contribution in [0.5, 0.6) is 0 Å². The molecule has 4 aliphatic carbocycles. The van der Waals surface area contributed by atoms with Crippen LogP contribution in [0.2, 0.25) is 0 Å². The molecule has 2 aromatic rings. The van der Waals surface area contributed by atoms with Crippen molar-refractivity contribution in [2.45, 2.75) is 141 Å². The Bertz CT molecular complexity index is 2370. The van der Waals surface area contributed by atoms with Crippen LogP contribution in [-0.4, -0.2) is 123 Å². The highest BCUT2D eigenvalue weighted by molar-refractivity contribution is 6.18. The number of esters is 3. The van der Waals surface area contributed by atoms with Crippen molar-refractivity contribution in [2.75, 3.05) is 13.2 Å². The average Bonchev–Trinajstić information content (AvgIpc) is 3.59. The first-order valence-electron chi connectivity index (χ1n) is 22.9. The highest BCUT2D eigenvalue weighted by atomic mass is 16.6. The summed E-state index contributed by atoms with van der Waals surface area (Å²) in [7, 11) is 0. The fourth-order valence-corrected chi connectivity index (χ4v) is 11.0. The predicted octanol–water partition coefficient (Wildman–Crippen LogP) is 4.39. The van der Waals surface area contributed by atoms with E-state index < -0.39 is 118 Å². The van der Waals surface area contributed by atoms with Crippen LogP contribution in [0.15, 0.2) is 84.0 Å². The van der Waals surface area contributed by atoms with E-state index in [0.29, 0.717) is 5.56 Å². The van der Waals surface area contributed by atoms with Crippen LogP contribution in [0.1, 0.15) is 103 Å². The molecule has 17 heteroatoms.